The van der Waals surface area contributed by atoms with Crippen molar-refractivity contribution in [2.24, 2.45) is 5.73 Å². The fourth-order valence-electron chi connectivity index (χ4n) is 5.15. The number of phosphoric acid groups is 1. The van der Waals surface area contributed by atoms with Crippen LogP contribution in [0.2, 0.25) is 0 Å². The first-order valence-corrected chi connectivity index (χ1v) is 21.5. The van der Waals surface area contributed by atoms with Crippen molar-refractivity contribution in [2.75, 3.05) is 19.8 Å². The molecule has 0 amide bonds. The van der Waals surface area contributed by atoms with Crippen LogP contribution in [0.1, 0.15) is 168 Å². The molecule has 0 saturated heterocycles. The summed E-state index contributed by atoms with van der Waals surface area (Å²) in [5.41, 5.74) is 5.32. The van der Waals surface area contributed by atoms with Crippen LogP contribution in [-0.2, 0) is 37.5 Å². The average molecular weight is 758 g/mol. The number of carboxylic acid groups (broad SMARTS) is 1. The Morgan fingerprint density at radius 1 is 0.596 bits per heavy atom. The Morgan fingerprint density at radius 3 is 1.60 bits per heavy atom. The third-order valence-electron chi connectivity index (χ3n) is 8.34. The van der Waals surface area contributed by atoms with E-state index >= 15 is 0 Å². The summed E-state index contributed by atoms with van der Waals surface area (Å²) >= 11 is 0. The van der Waals surface area contributed by atoms with E-state index in [1.165, 1.54) is 38.5 Å². The molecule has 0 spiro atoms. The van der Waals surface area contributed by atoms with Crippen molar-refractivity contribution in [2.45, 2.75) is 180 Å². The smallest absolute Gasteiger partial charge is 0.472 e. The highest BCUT2D eigenvalue weighted by Gasteiger charge is 2.28. The van der Waals surface area contributed by atoms with Gasteiger partial charge in [-0.25, -0.2) is 4.57 Å². The maximum absolute atomic E-state index is 12.6. The van der Waals surface area contributed by atoms with Crippen LogP contribution in [0.5, 0.6) is 0 Å². The third-order valence-corrected chi connectivity index (χ3v) is 9.29. The number of aliphatic carboxylic acids is 1. The largest absolute Gasteiger partial charge is 0.480 e. The molecule has 0 aliphatic carbocycles. The third kappa shape index (κ3) is 34.8. The number of carbonyl (C=O) groups is 3. The molecular formula is C40H72NO10P. The molecule has 4 N–H and O–H groups in total. The first-order valence-electron chi connectivity index (χ1n) is 20.0. The normalized spacial score (nSPS) is 14.2. The standard InChI is InChI=1S/C40H72NO10P/c1-3-5-7-9-11-13-15-17-18-20-21-23-25-27-29-31-38(42)48-33-36(34-49-52(46,47)50-35-37(41)40(44)45)51-39(43)32-30-28-26-24-22-19-16-14-12-10-8-6-4-2/h8,10,14,16-18,36-37H,3-7,9,11-13,15,19-35,41H2,1-2H3,(H,44,45)(H,46,47)/b10-8-,16-14-,18-17-. The van der Waals surface area contributed by atoms with Crippen LogP contribution < -0.4 is 5.73 Å². The number of phosphoric ester groups is 1. The van der Waals surface area contributed by atoms with Crippen LogP contribution in [0.25, 0.3) is 0 Å². The van der Waals surface area contributed by atoms with Crippen molar-refractivity contribution >= 4 is 25.7 Å². The van der Waals surface area contributed by atoms with E-state index < -0.39 is 51.1 Å². The summed E-state index contributed by atoms with van der Waals surface area (Å²) in [4.78, 5) is 45.8. The van der Waals surface area contributed by atoms with Gasteiger partial charge in [-0.1, -0.05) is 127 Å². The van der Waals surface area contributed by atoms with E-state index in [9.17, 15) is 23.8 Å². The monoisotopic (exact) mass is 757 g/mol. The zero-order valence-electron chi connectivity index (χ0n) is 32.4. The molecule has 0 aromatic carbocycles. The second-order valence-electron chi connectivity index (χ2n) is 13.4. The number of hydrogen-bond acceptors (Lipinski definition) is 9. The highest BCUT2D eigenvalue weighted by atomic mass is 31.2. The second-order valence-corrected chi connectivity index (χ2v) is 14.9. The molecule has 0 aliphatic rings. The Kier molecular flexibility index (Phi) is 34.1. The van der Waals surface area contributed by atoms with Gasteiger partial charge < -0.3 is 25.2 Å². The quantitative estimate of drug-likeness (QED) is 0.0238. The lowest BCUT2D eigenvalue weighted by molar-refractivity contribution is -0.161. The number of rotatable bonds is 37. The summed E-state index contributed by atoms with van der Waals surface area (Å²) in [7, 11) is -4.72. The zero-order valence-corrected chi connectivity index (χ0v) is 33.3. The summed E-state index contributed by atoms with van der Waals surface area (Å²) in [6, 6.07) is -1.52. The SMILES string of the molecule is CCC/C=C\C/C=C\CCCCCCCC(=O)OC(COC(=O)CCCCCCC/C=C\CCCCCCCC)COP(=O)(O)OCC(N)C(=O)O. The van der Waals surface area contributed by atoms with Crippen molar-refractivity contribution in [1.82, 2.24) is 0 Å². The Bertz CT molecular complexity index is 1030. The summed E-state index contributed by atoms with van der Waals surface area (Å²) in [6.07, 6.45) is 36.4. The van der Waals surface area contributed by atoms with Gasteiger partial charge in [0, 0.05) is 12.8 Å². The topological polar surface area (TPSA) is 172 Å². The van der Waals surface area contributed by atoms with Crippen molar-refractivity contribution in [3.05, 3.63) is 36.5 Å². The fraction of sp³-hybridized carbons (Fsp3) is 0.775. The molecule has 3 unspecified atom stereocenters. The number of ether oxygens (including phenoxy) is 2. The minimum atomic E-state index is -4.72. The van der Waals surface area contributed by atoms with Crippen LogP contribution in [0.15, 0.2) is 36.5 Å². The van der Waals surface area contributed by atoms with Gasteiger partial charge in [0.25, 0.3) is 0 Å². The molecule has 3 atom stereocenters. The number of carboxylic acids is 1. The van der Waals surface area contributed by atoms with E-state index in [-0.39, 0.29) is 19.4 Å². The minimum absolute atomic E-state index is 0.143. The molecule has 52 heavy (non-hydrogen) atoms. The van der Waals surface area contributed by atoms with E-state index in [2.05, 4.69) is 54.8 Å². The lowest BCUT2D eigenvalue weighted by atomic mass is 10.1. The molecule has 0 bridgehead atoms. The van der Waals surface area contributed by atoms with Gasteiger partial charge in [-0.05, 0) is 64.2 Å². The van der Waals surface area contributed by atoms with E-state index in [0.717, 1.165) is 89.9 Å². The van der Waals surface area contributed by atoms with Crippen molar-refractivity contribution in [1.29, 1.82) is 0 Å². The van der Waals surface area contributed by atoms with E-state index in [1.54, 1.807) is 0 Å². The van der Waals surface area contributed by atoms with Crippen LogP contribution in [0.4, 0.5) is 0 Å². The average Bonchev–Trinajstić information content (AvgIpc) is 3.12. The summed E-state index contributed by atoms with van der Waals surface area (Å²) in [5.74, 6) is -2.41. The van der Waals surface area contributed by atoms with Gasteiger partial charge >= 0.3 is 25.7 Å². The molecule has 0 rings (SSSR count). The number of carbonyl (C=O) groups excluding carboxylic acids is 2. The summed E-state index contributed by atoms with van der Waals surface area (Å²) in [5, 5.41) is 8.86. The molecule has 0 aromatic heterocycles. The van der Waals surface area contributed by atoms with Gasteiger partial charge in [-0.3, -0.25) is 23.4 Å². The number of nitrogens with two attached hydrogens (primary N) is 1. The predicted molar refractivity (Wildman–Crippen MR) is 208 cm³/mol. The van der Waals surface area contributed by atoms with Gasteiger partial charge in [-0.15, -0.1) is 0 Å². The zero-order chi connectivity index (χ0) is 38.5. The fourth-order valence-corrected chi connectivity index (χ4v) is 5.93. The predicted octanol–water partition coefficient (Wildman–Crippen LogP) is 10.1. The first kappa shape index (κ1) is 49.7. The van der Waals surface area contributed by atoms with Gasteiger partial charge in [0.15, 0.2) is 6.10 Å². The number of allylic oxidation sites excluding steroid dienone is 6. The van der Waals surface area contributed by atoms with Crippen molar-refractivity contribution in [3.8, 4) is 0 Å². The van der Waals surface area contributed by atoms with E-state index in [0.29, 0.717) is 12.8 Å². The Labute approximate surface area is 314 Å². The Balaban J connectivity index is 4.44. The van der Waals surface area contributed by atoms with Crippen molar-refractivity contribution < 1.29 is 47.5 Å². The minimum Gasteiger partial charge on any atom is -0.480 e. The van der Waals surface area contributed by atoms with Crippen molar-refractivity contribution in [3.63, 3.8) is 0 Å². The molecular weight excluding hydrogens is 685 g/mol. The molecule has 0 radical (unpaired) electrons. The number of hydrogen-bond donors (Lipinski definition) is 3. The molecule has 0 aromatic rings. The Morgan fingerprint density at radius 2 is 1.06 bits per heavy atom. The molecule has 302 valence electrons. The summed E-state index contributed by atoms with van der Waals surface area (Å²) < 4.78 is 32.6. The molecule has 0 fully saturated rings. The molecule has 0 saturated carbocycles. The highest BCUT2D eigenvalue weighted by Crippen LogP contribution is 2.43. The number of esters is 2. The van der Waals surface area contributed by atoms with Gasteiger partial charge in [0.05, 0.1) is 13.2 Å². The highest BCUT2D eigenvalue weighted by molar-refractivity contribution is 7.47. The van der Waals surface area contributed by atoms with Gasteiger partial charge in [-0.2, -0.15) is 0 Å². The molecule has 11 nitrogen and oxygen atoms in total. The first-order chi connectivity index (χ1) is 25.1. The lowest BCUT2D eigenvalue weighted by Crippen LogP contribution is -2.34. The molecule has 12 heteroatoms. The maximum atomic E-state index is 12.6. The van der Waals surface area contributed by atoms with E-state index in [4.69, 9.17) is 24.8 Å². The maximum Gasteiger partial charge on any atom is 0.472 e. The van der Waals surface area contributed by atoms with Gasteiger partial charge in [0.1, 0.15) is 12.6 Å². The van der Waals surface area contributed by atoms with Crippen LogP contribution in [0, 0.1) is 0 Å². The van der Waals surface area contributed by atoms with Gasteiger partial charge in [0.2, 0.25) is 0 Å². The molecule has 0 heterocycles. The lowest BCUT2D eigenvalue weighted by Gasteiger charge is -2.20. The number of unbranched alkanes of at least 4 members (excludes halogenated alkanes) is 17. The van der Waals surface area contributed by atoms with Crippen LogP contribution >= 0.6 is 7.82 Å². The Hall–Kier alpha value is -2.30. The summed E-state index contributed by atoms with van der Waals surface area (Å²) in [6.45, 7) is 2.69. The van der Waals surface area contributed by atoms with Crippen LogP contribution in [-0.4, -0.2) is 59.9 Å². The second kappa shape index (κ2) is 35.7. The van der Waals surface area contributed by atoms with Crippen LogP contribution in [0.3, 0.4) is 0 Å². The molecule has 0 aliphatic heterocycles. The van der Waals surface area contributed by atoms with E-state index in [1.807, 2.05) is 0 Å².